The molecule has 2 atom stereocenters. The molecule has 6 heteroatoms. The van der Waals surface area contributed by atoms with Crippen molar-refractivity contribution in [1.29, 1.82) is 0 Å². The van der Waals surface area contributed by atoms with Crippen molar-refractivity contribution in [2.24, 2.45) is 5.41 Å². The molecular weight excluding hydrogens is 270 g/mol. The number of carbonyl (C=O) groups excluding carboxylic acids is 1. The highest BCUT2D eigenvalue weighted by atomic mass is 16.4. The number of nitrogens with zero attached hydrogens (tertiary/aromatic N) is 1. The quantitative estimate of drug-likeness (QED) is 0.716. The lowest BCUT2D eigenvalue weighted by Gasteiger charge is -2.30. The fourth-order valence-corrected chi connectivity index (χ4v) is 2.81. The van der Waals surface area contributed by atoms with Gasteiger partial charge in [-0.15, -0.1) is 0 Å². The third-order valence-electron chi connectivity index (χ3n) is 4.35. The number of likely N-dealkylation sites (tertiary alicyclic amines) is 1. The second kappa shape index (κ2) is 6.22. The van der Waals surface area contributed by atoms with Gasteiger partial charge in [-0.1, -0.05) is 20.8 Å². The fraction of sp³-hybridized carbons (Fsp3) is 0.867. The highest BCUT2D eigenvalue weighted by molar-refractivity contribution is 5.76. The zero-order valence-electron chi connectivity index (χ0n) is 13.2. The minimum Gasteiger partial charge on any atom is -0.481 e. The van der Waals surface area contributed by atoms with Crippen molar-refractivity contribution in [1.82, 2.24) is 15.5 Å². The summed E-state index contributed by atoms with van der Waals surface area (Å²) < 4.78 is 0. The molecule has 0 radical (unpaired) electrons. The summed E-state index contributed by atoms with van der Waals surface area (Å²) in [7, 11) is 0. The molecule has 1 aliphatic carbocycles. The third kappa shape index (κ3) is 4.88. The molecule has 2 rings (SSSR count). The van der Waals surface area contributed by atoms with Gasteiger partial charge in [-0.05, 0) is 24.7 Å². The van der Waals surface area contributed by atoms with Crippen molar-refractivity contribution in [3.05, 3.63) is 0 Å². The van der Waals surface area contributed by atoms with E-state index in [1.54, 1.807) is 0 Å². The molecule has 120 valence electrons. The Morgan fingerprint density at radius 3 is 2.48 bits per heavy atom. The Balaban J connectivity index is 1.80. The zero-order valence-corrected chi connectivity index (χ0v) is 13.2. The lowest BCUT2D eigenvalue weighted by molar-refractivity contribution is -0.138. The van der Waals surface area contributed by atoms with Gasteiger partial charge >= 0.3 is 12.0 Å². The van der Waals surface area contributed by atoms with Crippen LogP contribution in [0.2, 0.25) is 0 Å². The van der Waals surface area contributed by atoms with E-state index in [2.05, 4.69) is 15.5 Å². The first-order chi connectivity index (χ1) is 9.75. The normalized spacial score (nSPS) is 24.6. The molecule has 0 aromatic carbocycles. The van der Waals surface area contributed by atoms with Crippen LogP contribution >= 0.6 is 0 Å². The van der Waals surface area contributed by atoms with E-state index in [-0.39, 0.29) is 30.0 Å². The topological polar surface area (TPSA) is 81.7 Å². The van der Waals surface area contributed by atoms with Crippen molar-refractivity contribution < 1.29 is 14.7 Å². The van der Waals surface area contributed by atoms with E-state index in [1.807, 2.05) is 20.8 Å². The van der Waals surface area contributed by atoms with Gasteiger partial charge in [0.2, 0.25) is 0 Å². The third-order valence-corrected chi connectivity index (χ3v) is 4.35. The Morgan fingerprint density at radius 1 is 1.29 bits per heavy atom. The molecule has 3 N–H and O–H groups in total. The number of hydrogen-bond donors (Lipinski definition) is 3. The number of urea groups is 1. The molecule has 0 aromatic heterocycles. The molecule has 0 bridgehead atoms. The smallest absolute Gasteiger partial charge is 0.315 e. The van der Waals surface area contributed by atoms with Crippen LogP contribution in [0.3, 0.4) is 0 Å². The van der Waals surface area contributed by atoms with Gasteiger partial charge in [-0.2, -0.15) is 0 Å². The van der Waals surface area contributed by atoms with Crippen molar-refractivity contribution in [2.45, 2.75) is 64.6 Å². The highest BCUT2D eigenvalue weighted by Crippen LogP contribution is 2.29. The maximum Gasteiger partial charge on any atom is 0.315 e. The van der Waals surface area contributed by atoms with Crippen LogP contribution in [-0.4, -0.2) is 53.2 Å². The Hall–Kier alpha value is -1.30. The van der Waals surface area contributed by atoms with E-state index < -0.39 is 5.97 Å². The summed E-state index contributed by atoms with van der Waals surface area (Å²) >= 11 is 0. The minimum absolute atomic E-state index is 0.0597. The lowest BCUT2D eigenvalue weighted by Crippen LogP contribution is -2.51. The molecule has 2 unspecified atom stereocenters. The second-order valence-corrected chi connectivity index (χ2v) is 7.35. The summed E-state index contributed by atoms with van der Waals surface area (Å²) in [5.41, 5.74) is -0.286. The van der Waals surface area contributed by atoms with E-state index in [0.717, 1.165) is 25.6 Å². The van der Waals surface area contributed by atoms with Gasteiger partial charge in [0.25, 0.3) is 0 Å². The number of carboxylic acid groups (broad SMARTS) is 1. The molecular formula is C15H27N3O3. The molecule has 0 spiro atoms. The fourth-order valence-electron chi connectivity index (χ4n) is 2.81. The predicted octanol–water partition coefficient (Wildman–Crippen LogP) is 1.41. The maximum atomic E-state index is 12.1. The second-order valence-electron chi connectivity index (χ2n) is 7.35. The Bertz CT molecular complexity index is 401. The van der Waals surface area contributed by atoms with Gasteiger partial charge in [-0.25, -0.2) is 4.79 Å². The number of nitrogens with one attached hydrogen (secondary N) is 2. The first kappa shape index (κ1) is 16.1. The standard InChI is InChI=1S/C15H27N3O3/c1-15(2,3)12(8-13(19)20)17-14(21)16-10-6-7-18(9-10)11-4-5-11/h10-12H,4-9H2,1-3H3,(H,19,20)(H2,16,17,21). The molecule has 1 saturated heterocycles. The Kier molecular flexibility index (Phi) is 4.76. The predicted molar refractivity (Wildman–Crippen MR) is 80.2 cm³/mol. The van der Waals surface area contributed by atoms with Crippen molar-refractivity contribution >= 4 is 12.0 Å². The molecule has 1 saturated carbocycles. The average molecular weight is 297 g/mol. The van der Waals surface area contributed by atoms with Gasteiger partial charge in [-0.3, -0.25) is 9.69 Å². The van der Waals surface area contributed by atoms with E-state index in [1.165, 1.54) is 12.8 Å². The number of carboxylic acids is 1. The van der Waals surface area contributed by atoms with Gasteiger partial charge < -0.3 is 15.7 Å². The molecule has 2 amide bonds. The summed E-state index contributed by atoms with van der Waals surface area (Å²) in [6.07, 6.45) is 3.48. The van der Waals surface area contributed by atoms with Crippen LogP contribution in [0, 0.1) is 5.41 Å². The summed E-state index contributed by atoms with van der Waals surface area (Å²) in [6, 6.07) is 0.278. The number of aliphatic carboxylic acids is 1. The largest absolute Gasteiger partial charge is 0.481 e. The van der Waals surface area contributed by atoms with Crippen molar-refractivity contribution in [3.8, 4) is 0 Å². The highest BCUT2D eigenvalue weighted by Gasteiger charge is 2.35. The Labute approximate surface area is 126 Å². The summed E-state index contributed by atoms with van der Waals surface area (Å²) in [5, 5.41) is 14.8. The summed E-state index contributed by atoms with van der Waals surface area (Å²) in [6.45, 7) is 7.77. The molecule has 21 heavy (non-hydrogen) atoms. The average Bonchev–Trinajstić information content (AvgIpc) is 3.08. The van der Waals surface area contributed by atoms with E-state index in [9.17, 15) is 9.59 Å². The van der Waals surface area contributed by atoms with E-state index >= 15 is 0 Å². The Morgan fingerprint density at radius 2 is 1.95 bits per heavy atom. The molecule has 1 heterocycles. The number of amides is 2. The monoisotopic (exact) mass is 297 g/mol. The van der Waals surface area contributed by atoms with Crippen LogP contribution in [0.4, 0.5) is 4.79 Å². The van der Waals surface area contributed by atoms with Gasteiger partial charge in [0.15, 0.2) is 0 Å². The first-order valence-corrected chi connectivity index (χ1v) is 7.78. The van der Waals surface area contributed by atoms with Gasteiger partial charge in [0.05, 0.1) is 6.42 Å². The van der Waals surface area contributed by atoms with Crippen LogP contribution in [0.5, 0.6) is 0 Å². The number of rotatable bonds is 5. The van der Waals surface area contributed by atoms with Crippen LogP contribution < -0.4 is 10.6 Å². The molecule has 0 aromatic rings. The molecule has 1 aliphatic heterocycles. The zero-order chi connectivity index (χ0) is 15.6. The lowest BCUT2D eigenvalue weighted by atomic mass is 9.85. The minimum atomic E-state index is -0.893. The van der Waals surface area contributed by atoms with Crippen molar-refractivity contribution in [2.75, 3.05) is 13.1 Å². The number of hydrogen-bond acceptors (Lipinski definition) is 3. The van der Waals surface area contributed by atoms with Gasteiger partial charge in [0.1, 0.15) is 0 Å². The molecule has 6 nitrogen and oxygen atoms in total. The van der Waals surface area contributed by atoms with E-state index in [0.29, 0.717) is 0 Å². The summed E-state index contributed by atoms with van der Waals surface area (Å²) in [5.74, 6) is -0.893. The molecule has 2 fully saturated rings. The maximum absolute atomic E-state index is 12.1. The van der Waals surface area contributed by atoms with Crippen LogP contribution in [0.25, 0.3) is 0 Å². The molecule has 2 aliphatic rings. The van der Waals surface area contributed by atoms with Crippen LogP contribution in [-0.2, 0) is 4.79 Å². The van der Waals surface area contributed by atoms with Crippen molar-refractivity contribution in [3.63, 3.8) is 0 Å². The SMILES string of the molecule is CC(C)(C)C(CC(=O)O)NC(=O)NC1CCN(C2CC2)C1. The number of carbonyl (C=O) groups is 2. The van der Waals surface area contributed by atoms with Crippen LogP contribution in [0.15, 0.2) is 0 Å². The first-order valence-electron chi connectivity index (χ1n) is 7.78. The van der Waals surface area contributed by atoms with Crippen LogP contribution in [0.1, 0.15) is 46.5 Å². The summed E-state index contributed by atoms with van der Waals surface area (Å²) in [4.78, 5) is 25.5. The van der Waals surface area contributed by atoms with E-state index in [4.69, 9.17) is 5.11 Å². The van der Waals surface area contributed by atoms with Gasteiger partial charge in [0, 0.05) is 31.2 Å².